The number of fused-ring (bicyclic) bond motifs is 1. The van der Waals surface area contributed by atoms with Gasteiger partial charge in [-0.2, -0.15) is 0 Å². The largest absolute Gasteiger partial charge is 0.494 e. The first kappa shape index (κ1) is 17.9. The molecule has 0 spiro atoms. The summed E-state index contributed by atoms with van der Waals surface area (Å²) in [5, 5.41) is 19.6. The van der Waals surface area contributed by atoms with Crippen molar-refractivity contribution in [3.63, 3.8) is 0 Å². The van der Waals surface area contributed by atoms with Gasteiger partial charge in [0.1, 0.15) is 5.01 Å². The van der Waals surface area contributed by atoms with Gasteiger partial charge in [0, 0.05) is 41.0 Å². The fourth-order valence-corrected chi connectivity index (χ4v) is 4.66. The van der Waals surface area contributed by atoms with Crippen molar-refractivity contribution < 1.29 is 18.4 Å². The molecule has 170 valence electrons. The number of ether oxygens (including phenoxy) is 1. The van der Waals surface area contributed by atoms with E-state index in [1.165, 1.54) is 18.1 Å². The summed E-state index contributed by atoms with van der Waals surface area (Å²) in [7, 11) is 1.53. The standard InChI is InChI=1S/C22H23N7O3S/c1-23-21(31)18-14(8-17(28-29-18)27-20(30)11-6-7-11)25-13-5-3-4-12(19(13)32-2)22-26-15-9-24-10-16(15)33-22/h3-5,8,11,24H,6-7,9-10H2,1-2H3,(H,23,31)(H2,25,27,28,30)/i1D3. The van der Waals surface area contributed by atoms with Gasteiger partial charge in [0.15, 0.2) is 17.3 Å². The molecule has 1 aliphatic heterocycles. The SMILES string of the molecule is [2H]C([2H])([2H])NC(=O)c1nnc(NC(=O)C2CC2)cc1Nc1cccc(-c2nc3c(s2)CNC3)c1OC. The average molecular weight is 469 g/mol. The normalized spacial score (nSPS) is 16.2. The van der Waals surface area contributed by atoms with E-state index in [9.17, 15) is 9.59 Å². The highest BCUT2D eigenvalue weighted by Crippen LogP contribution is 2.41. The Labute approximate surface area is 198 Å². The number of para-hydroxylation sites is 1. The minimum atomic E-state index is -2.72. The lowest BCUT2D eigenvalue weighted by Crippen LogP contribution is -2.22. The molecule has 1 fully saturated rings. The summed E-state index contributed by atoms with van der Waals surface area (Å²) in [6, 6.07) is 6.90. The van der Waals surface area contributed by atoms with Gasteiger partial charge in [-0.05, 0) is 25.0 Å². The lowest BCUT2D eigenvalue weighted by atomic mass is 10.1. The number of nitrogens with zero attached hydrogens (tertiary/aromatic N) is 3. The monoisotopic (exact) mass is 468 g/mol. The molecule has 11 heteroatoms. The van der Waals surface area contributed by atoms with Crippen LogP contribution in [0.2, 0.25) is 0 Å². The van der Waals surface area contributed by atoms with Crippen molar-refractivity contribution in [3.8, 4) is 16.3 Å². The van der Waals surface area contributed by atoms with E-state index in [2.05, 4.69) is 26.1 Å². The highest BCUT2D eigenvalue weighted by atomic mass is 32.1. The average Bonchev–Trinajstić information content (AvgIpc) is 3.45. The first-order valence-electron chi connectivity index (χ1n) is 11.9. The van der Waals surface area contributed by atoms with Crippen molar-refractivity contribution in [2.45, 2.75) is 25.9 Å². The second-order valence-electron chi connectivity index (χ2n) is 7.71. The summed E-state index contributed by atoms with van der Waals surface area (Å²) in [5.41, 5.74) is 2.17. The third kappa shape index (κ3) is 4.24. The minimum absolute atomic E-state index is 0.0614. The number of hydrogen-bond acceptors (Lipinski definition) is 9. The van der Waals surface area contributed by atoms with Crippen LogP contribution < -0.4 is 26.0 Å². The van der Waals surface area contributed by atoms with E-state index in [0.717, 1.165) is 35.7 Å². The van der Waals surface area contributed by atoms with E-state index >= 15 is 0 Å². The van der Waals surface area contributed by atoms with E-state index in [0.29, 0.717) is 18.0 Å². The van der Waals surface area contributed by atoms with Gasteiger partial charge in [0.05, 0.1) is 29.7 Å². The molecule has 3 aromatic rings. The van der Waals surface area contributed by atoms with E-state index in [1.54, 1.807) is 17.4 Å². The summed E-state index contributed by atoms with van der Waals surface area (Å²) in [5.74, 6) is -0.558. The number of nitrogens with one attached hydrogen (secondary N) is 4. The number of amides is 2. The Kier molecular flexibility index (Phi) is 4.76. The van der Waals surface area contributed by atoms with E-state index in [4.69, 9.17) is 13.8 Å². The Morgan fingerprint density at radius 1 is 1.24 bits per heavy atom. The molecule has 2 aliphatic rings. The van der Waals surface area contributed by atoms with Crippen LogP contribution in [0.25, 0.3) is 10.6 Å². The number of aromatic nitrogens is 3. The van der Waals surface area contributed by atoms with Crippen LogP contribution in [0.15, 0.2) is 24.3 Å². The van der Waals surface area contributed by atoms with Gasteiger partial charge >= 0.3 is 0 Å². The number of hydrogen-bond donors (Lipinski definition) is 4. The lowest BCUT2D eigenvalue weighted by molar-refractivity contribution is -0.117. The number of carbonyl (C=O) groups excluding carboxylic acids is 2. The number of carbonyl (C=O) groups is 2. The van der Waals surface area contributed by atoms with Crippen molar-refractivity contribution in [2.24, 2.45) is 5.92 Å². The van der Waals surface area contributed by atoms with Crippen molar-refractivity contribution in [1.82, 2.24) is 25.8 Å². The maximum atomic E-state index is 12.7. The van der Waals surface area contributed by atoms with E-state index < -0.39 is 12.9 Å². The Hall–Kier alpha value is -3.57. The molecule has 5 rings (SSSR count). The fraction of sp³-hybridized carbons (Fsp3) is 0.318. The van der Waals surface area contributed by atoms with Crippen LogP contribution in [0, 0.1) is 5.92 Å². The number of thiazole rings is 1. The van der Waals surface area contributed by atoms with Gasteiger partial charge in [-0.15, -0.1) is 21.5 Å². The molecule has 1 aromatic carbocycles. The lowest BCUT2D eigenvalue weighted by Gasteiger charge is -2.16. The number of methoxy groups -OCH3 is 1. The Bertz CT molecular complexity index is 1320. The predicted octanol–water partition coefficient (Wildman–Crippen LogP) is 2.66. The molecule has 33 heavy (non-hydrogen) atoms. The molecule has 0 bridgehead atoms. The molecule has 2 amide bonds. The number of anilines is 3. The summed E-state index contributed by atoms with van der Waals surface area (Å²) < 4.78 is 27.8. The molecule has 0 radical (unpaired) electrons. The van der Waals surface area contributed by atoms with Crippen LogP contribution in [-0.2, 0) is 17.9 Å². The first-order valence-corrected chi connectivity index (χ1v) is 11.2. The predicted molar refractivity (Wildman–Crippen MR) is 125 cm³/mol. The third-order valence-electron chi connectivity index (χ3n) is 5.40. The van der Waals surface area contributed by atoms with Crippen LogP contribution in [0.5, 0.6) is 5.75 Å². The molecular formula is C22H23N7O3S. The van der Waals surface area contributed by atoms with Gasteiger partial charge in [-0.25, -0.2) is 4.98 Å². The smallest absolute Gasteiger partial charge is 0.273 e. The molecule has 1 saturated carbocycles. The molecule has 10 nitrogen and oxygen atoms in total. The second-order valence-corrected chi connectivity index (χ2v) is 8.80. The summed E-state index contributed by atoms with van der Waals surface area (Å²) in [4.78, 5) is 30.8. The summed E-state index contributed by atoms with van der Waals surface area (Å²) in [6.07, 6.45) is 1.62. The summed E-state index contributed by atoms with van der Waals surface area (Å²) in [6.45, 7) is -1.23. The maximum absolute atomic E-state index is 12.7. The Morgan fingerprint density at radius 2 is 2.12 bits per heavy atom. The zero-order valence-electron chi connectivity index (χ0n) is 20.7. The molecular weight excluding hydrogens is 442 g/mol. The van der Waals surface area contributed by atoms with Crippen LogP contribution in [0.4, 0.5) is 17.2 Å². The van der Waals surface area contributed by atoms with Crippen LogP contribution in [0.1, 0.15) is 38.0 Å². The zero-order valence-corrected chi connectivity index (χ0v) is 18.5. The number of rotatable bonds is 7. The third-order valence-corrected chi connectivity index (χ3v) is 6.53. The first-order chi connectivity index (χ1) is 17.2. The van der Waals surface area contributed by atoms with Gasteiger partial charge in [0.25, 0.3) is 5.91 Å². The van der Waals surface area contributed by atoms with Gasteiger partial charge < -0.3 is 26.0 Å². The van der Waals surface area contributed by atoms with Gasteiger partial charge in [-0.1, -0.05) is 6.07 Å². The van der Waals surface area contributed by atoms with Crippen molar-refractivity contribution in [2.75, 3.05) is 24.7 Å². The fourth-order valence-electron chi connectivity index (χ4n) is 3.59. The Balaban J connectivity index is 1.51. The molecule has 2 aromatic heterocycles. The quantitative estimate of drug-likeness (QED) is 0.416. The minimum Gasteiger partial charge on any atom is -0.494 e. The molecule has 0 unspecified atom stereocenters. The second kappa shape index (κ2) is 8.75. The van der Waals surface area contributed by atoms with E-state index in [-0.39, 0.29) is 29.0 Å². The topological polar surface area (TPSA) is 130 Å². The highest BCUT2D eigenvalue weighted by Gasteiger charge is 2.30. The maximum Gasteiger partial charge on any atom is 0.273 e. The van der Waals surface area contributed by atoms with Gasteiger partial charge in [-0.3, -0.25) is 9.59 Å². The van der Waals surface area contributed by atoms with Crippen molar-refractivity contribution in [1.29, 1.82) is 0 Å². The van der Waals surface area contributed by atoms with E-state index in [1.807, 2.05) is 17.4 Å². The molecule has 4 N–H and O–H groups in total. The molecule has 0 atom stereocenters. The van der Waals surface area contributed by atoms with Crippen LogP contribution >= 0.6 is 11.3 Å². The van der Waals surface area contributed by atoms with Gasteiger partial charge in [0.2, 0.25) is 5.91 Å². The van der Waals surface area contributed by atoms with Crippen LogP contribution in [0.3, 0.4) is 0 Å². The van der Waals surface area contributed by atoms with Crippen molar-refractivity contribution >= 4 is 40.3 Å². The Morgan fingerprint density at radius 3 is 2.88 bits per heavy atom. The highest BCUT2D eigenvalue weighted by molar-refractivity contribution is 7.15. The summed E-state index contributed by atoms with van der Waals surface area (Å²) >= 11 is 1.57. The number of benzene rings is 1. The molecule has 0 saturated heterocycles. The molecule has 3 heterocycles. The zero-order chi connectivity index (χ0) is 25.4. The van der Waals surface area contributed by atoms with Crippen molar-refractivity contribution in [3.05, 3.63) is 40.5 Å². The molecule has 1 aliphatic carbocycles. The van der Waals surface area contributed by atoms with Crippen LogP contribution in [-0.4, -0.2) is 41.1 Å².